The number of carbonyl (C=O) groups excluding carboxylic acids is 1. The number of aliphatic hydroxyl groups excluding tert-OH is 1. The van der Waals surface area contributed by atoms with Crippen LogP contribution < -0.4 is 10.6 Å². The minimum Gasteiger partial charge on any atom is -0.481 e. The number of carboxylic acid groups (broad SMARTS) is 1. The molecule has 1 aromatic carbocycles. The topological polar surface area (TPSA) is 98.7 Å². The number of carboxylic acids is 1. The standard InChI is InChI=1S/C14H20N2O4/c1-10-2-4-11(5-3-10)8-12(9-17)16-14(20)15-7-6-13(18)19/h2-5,12,17H,6-9H2,1H3,(H,18,19)(H2,15,16,20). The summed E-state index contributed by atoms with van der Waals surface area (Å²) in [5, 5.41) is 22.8. The number of nitrogens with one attached hydrogen (secondary N) is 2. The summed E-state index contributed by atoms with van der Waals surface area (Å²) in [6.07, 6.45) is 0.387. The fourth-order valence-corrected chi connectivity index (χ4v) is 1.69. The molecule has 2 amide bonds. The van der Waals surface area contributed by atoms with E-state index in [0.29, 0.717) is 6.42 Å². The van der Waals surface area contributed by atoms with E-state index < -0.39 is 18.0 Å². The molecule has 0 bridgehead atoms. The van der Waals surface area contributed by atoms with Crippen molar-refractivity contribution >= 4 is 12.0 Å². The van der Waals surface area contributed by atoms with Gasteiger partial charge in [0.15, 0.2) is 0 Å². The van der Waals surface area contributed by atoms with Gasteiger partial charge in [-0.05, 0) is 18.9 Å². The largest absolute Gasteiger partial charge is 0.481 e. The van der Waals surface area contributed by atoms with Crippen molar-refractivity contribution in [3.8, 4) is 0 Å². The van der Waals surface area contributed by atoms with Crippen LogP contribution >= 0.6 is 0 Å². The molecule has 6 heteroatoms. The van der Waals surface area contributed by atoms with Crippen molar-refractivity contribution < 1.29 is 19.8 Å². The van der Waals surface area contributed by atoms with Crippen molar-refractivity contribution in [1.29, 1.82) is 0 Å². The summed E-state index contributed by atoms with van der Waals surface area (Å²) < 4.78 is 0. The van der Waals surface area contributed by atoms with E-state index in [1.807, 2.05) is 31.2 Å². The number of aliphatic hydroxyl groups is 1. The van der Waals surface area contributed by atoms with E-state index in [0.717, 1.165) is 11.1 Å². The minimum absolute atomic E-state index is 0.0594. The fourth-order valence-electron chi connectivity index (χ4n) is 1.69. The van der Waals surface area contributed by atoms with Crippen LogP contribution in [0.1, 0.15) is 17.5 Å². The summed E-state index contributed by atoms with van der Waals surface area (Å²) in [7, 11) is 0. The number of urea groups is 1. The number of carbonyl (C=O) groups is 2. The Morgan fingerprint density at radius 1 is 1.25 bits per heavy atom. The lowest BCUT2D eigenvalue weighted by molar-refractivity contribution is -0.136. The lowest BCUT2D eigenvalue weighted by atomic mass is 10.1. The fraction of sp³-hybridized carbons (Fsp3) is 0.429. The summed E-state index contributed by atoms with van der Waals surface area (Å²) in [6, 6.07) is 6.96. The second-order valence-electron chi connectivity index (χ2n) is 4.61. The maximum Gasteiger partial charge on any atom is 0.315 e. The first-order valence-corrected chi connectivity index (χ1v) is 6.44. The molecule has 1 rings (SSSR count). The Morgan fingerprint density at radius 2 is 1.90 bits per heavy atom. The first kappa shape index (κ1) is 16.0. The molecular weight excluding hydrogens is 260 g/mol. The molecule has 1 atom stereocenters. The van der Waals surface area contributed by atoms with Gasteiger partial charge in [0.2, 0.25) is 0 Å². The number of rotatable bonds is 7. The third-order valence-electron chi connectivity index (χ3n) is 2.78. The van der Waals surface area contributed by atoms with Gasteiger partial charge < -0.3 is 20.8 Å². The molecule has 0 aromatic heterocycles. The highest BCUT2D eigenvalue weighted by Gasteiger charge is 2.12. The molecule has 0 spiro atoms. The predicted octanol–water partition coefficient (Wildman–Crippen LogP) is 0.672. The molecule has 0 saturated carbocycles. The van der Waals surface area contributed by atoms with E-state index in [2.05, 4.69) is 10.6 Å². The number of hydrogen-bond acceptors (Lipinski definition) is 3. The highest BCUT2D eigenvalue weighted by Crippen LogP contribution is 2.06. The molecule has 0 fully saturated rings. The van der Waals surface area contributed by atoms with Gasteiger partial charge in [0.05, 0.1) is 19.1 Å². The number of hydrogen-bond donors (Lipinski definition) is 4. The van der Waals surface area contributed by atoms with Crippen LogP contribution in [0.5, 0.6) is 0 Å². The lowest BCUT2D eigenvalue weighted by Crippen LogP contribution is -2.45. The van der Waals surface area contributed by atoms with Crippen LogP contribution in [0.25, 0.3) is 0 Å². The summed E-state index contributed by atoms with van der Waals surface area (Å²) in [6.45, 7) is 1.87. The number of aliphatic carboxylic acids is 1. The van der Waals surface area contributed by atoms with Crippen molar-refractivity contribution in [2.24, 2.45) is 0 Å². The van der Waals surface area contributed by atoms with Crippen molar-refractivity contribution in [2.45, 2.75) is 25.8 Å². The minimum atomic E-state index is -0.969. The van der Waals surface area contributed by atoms with Crippen molar-refractivity contribution in [3.63, 3.8) is 0 Å². The third kappa shape index (κ3) is 6.19. The van der Waals surface area contributed by atoms with Crippen LogP contribution in [0.3, 0.4) is 0 Å². The van der Waals surface area contributed by atoms with Gasteiger partial charge in [-0.15, -0.1) is 0 Å². The van der Waals surface area contributed by atoms with E-state index in [1.165, 1.54) is 0 Å². The molecule has 1 aromatic rings. The van der Waals surface area contributed by atoms with Gasteiger partial charge in [0, 0.05) is 6.54 Å². The third-order valence-corrected chi connectivity index (χ3v) is 2.78. The van der Waals surface area contributed by atoms with Crippen molar-refractivity contribution in [3.05, 3.63) is 35.4 Å². The molecule has 0 saturated heterocycles. The van der Waals surface area contributed by atoms with Gasteiger partial charge in [-0.1, -0.05) is 29.8 Å². The number of aryl methyl sites for hydroxylation is 1. The quantitative estimate of drug-likeness (QED) is 0.590. The van der Waals surface area contributed by atoms with Crippen LogP contribution in [0.2, 0.25) is 0 Å². The molecule has 0 radical (unpaired) electrons. The molecule has 1 unspecified atom stereocenters. The number of benzene rings is 1. The highest BCUT2D eigenvalue weighted by molar-refractivity contribution is 5.75. The van der Waals surface area contributed by atoms with Gasteiger partial charge >= 0.3 is 12.0 Å². The van der Waals surface area contributed by atoms with Gasteiger partial charge in [-0.25, -0.2) is 4.79 Å². The molecule has 0 aliphatic rings. The summed E-state index contributed by atoms with van der Waals surface area (Å²) >= 11 is 0. The second kappa shape index (κ2) is 8.16. The zero-order chi connectivity index (χ0) is 15.0. The van der Waals surface area contributed by atoms with E-state index in [9.17, 15) is 14.7 Å². The summed E-state index contributed by atoms with van der Waals surface area (Å²) in [5.41, 5.74) is 2.16. The lowest BCUT2D eigenvalue weighted by Gasteiger charge is -2.17. The highest BCUT2D eigenvalue weighted by atomic mass is 16.4. The molecular formula is C14H20N2O4. The van der Waals surface area contributed by atoms with E-state index in [1.54, 1.807) is 0 Å². The van der Waals surface area contributed by atoms with E-state index in [-0.39, 0.29) is 19.6 Å². The van der Waals surface area contributed by atoms with E-state index >= 15 is 0 Å². The van der Waals surface area contributed by atoms with Crippen LogP contribution in [-0.2, 0) is 11.2 Å². The Bertz CT molecular complexity index is 445. The Labute approximate surface area is 117 Å². The summed E-state index contributed by atoms with van der Waals surface area (Å²) in [5.74, 6) is -0.969. The van der Waals surface area contributed by atoms with Gasteiger partial charge in [0.1, 0.15) is 0 Å². The summed E-state index contributed by atoms with van der Waals surface area (Å²) in [4.78, 5) is 21.8. The zero-order valence-electron chi connectivity index (χ0n) is 11.4. The van der Waals surface area contributed by atoms with Crippen molar-refractivity contribution in [2.75, 3.05) is 13.2 Å². The maximum atomic E-state index is 11.5. The Kier molecular flexibility index (Phi) is 6.52. The molecule has 110 valence electrons. The smallest absolute Gasteiger partial charge is 0.315 e. The molecule has 4 N–H and O–H groups in total. The van der Waals surface area contributed by atoms with Crippen LogP contribution in [-0.4, -0.2) is 41.4 Å². The average molecular weight is 280 g/mol. The van der Waals surface area contributed by atoms with E-state index in [4.69, 9.17) is 5.11 Å². The van der Waals surface area contributed by atoms with Gasteiger partial charge in [-0.2, -0.15) is 0 Å². The van der Waals surface area contributed by atoms with Gasteiger partial charge in [-0.3, -0.25) is 4.79 Å². The predicted molar refractivity (Wildman–Crippen MR) is 74.5 cm³/mol. The number of amides is 2. The Hall–Kier alpha value is -2.08. The first-order chi connectivity index (χ1) is 9.51. The molecule has 6 nitrogen and oxygen atoms in total. The monoisotopic (exact) mass is 280 g/mol. The SMILES string of the molecule is Cc1ccc(CC(CO)NC(=O)NCCC(=O)O)cc1. The van der Waals surface area contributed by atoms with Crippen LogP contribution in [0.15, 0.2) is 24.3 Å². The Morgan fingerprint density at radius 3 is 2.45 bits per heavy atom. The zero-order valence-corrected chi connectivity index (χ0v) is 11.4. The molecule has 0 heterocycles. The van der Waals surface area contributed by atoms with Crippen molar-refractivity contribution in [1.82, 2.24) is 10.6 Å². The van der Waals surface area contributed by atoms with Crippen LogP contribution in [0.4, 0.5) is 4.79 Å². The average Bonchev–Trinajstić information content (AvgIpc) is 2.40. The second-order valence-corrected chi connectivity index (χ2v) is 4.61. The molecule has 20 heavy (non-hydrogen) atoms. The maximum absolute atomic E-state index is 11.5. The molecule has 0 aliphatic heterocycles. The molecule has 0 aliphatic carbocycles. The van der Waals surface area contributed by atoms with Crippen LogP contribution in [0, 0.1) is 6.92 Å². The Balaban J connectivity index is 2.40. The normalized spacial score (nSPS) is 11.7. The first-order valence-electron chi connectivity index (χ1n) is 6.44. The van der Waals surface area contributed by atoms with Gasteiger partial charge in [0.25, 0.3) is 0 Å².